The fraction of sp³-hybridized carbons (Fsp3) is 0.900. The van der Waals surface area contributed by atoms with Crippen LogP contribution in [0.2, 0.25) is 0 Å². The van der Waals surface area contributed by atoms with Gasteiger partial charge >= 0.3 is 5.97 Å². The zero-order valence-corrected chi connectivity index (χ0v) is 11.6. The summed E-state index contributed by atoms with van der Waals surface area (Å²) in [6.07, 6.45) is 0.338. The summed E-state index contributed by atoms with van der Waals surface area (Å²) in [5.74, 6) is -0.385. The number of rotatable bonds is 3. The molecule has 1 aliphatic heterocycles. The highest BCUT2D eigenvalue weighted by molar-refractivity contribution is 9.09. The molecular weight excluding hydrogens is 290 g/mol. The maximum Gasteiger partial charge on any atom is 0.302 e. The molecule has 0 aromatic carbocycles. The highest BCUT2D eigenvalue weighted by Gasteiger charge is 2.43. The Bertz CT molecular complexity index is 333. The molecule has 1 fully saturated rings. The van der Waals surface area contributed by atoms with Crippen LogP contribution in [-0.4, -0.2) is 29.2 Å². The minimum Gasteiger partial charge on any atom is -0.462 e. The zero-order valence-electron chi connectivity index (χ0n) is 10.0. The van der Waals surface area contributed by atoms with E-state index >= 15 is 0 Å². The lowest BCUT2D eigenvalue weighted by atomic mass is 9.89. The van der Waals surface area contributed by atoms with Gasteiger partial charge in [-0.05, 0) is 12.0 Å². The molecule has 17 heavy (non-hydrogen) atoms. The minimum atomic E-state index is -0.540. The van der Waals surface area contributed by atoms with Gasteiger partial charge in [-0.2, -0.15) is 0 Å². The summed E-state index contributed by atoms with van der Waals surface area (Å²) in [4.78, 5) is 13.9. The molecule has 0 bridgehead atoms. The second kappa shape index (κ2) is 6.23. The van der Waals surface area contributed by atoms with Crippen molar-refractivity contribution in [2.45, 2.75) is 50.5 Å². The van der Waals surface area contributed by atoms with E-state index in [1.54, 1.807) is 0 Å². The van der Waals surface area contributed by atoms with Crippen molar-refractivity contribution in [2.75, 3.05) is 0 Å². The molecule has 0 N–H and O–H groups in total. The van der Waals surface area contributed by atoms with Crippen molar-refractivity contribution < 1.29 is 14.3 Å². The lowest BCUT2D eigenvalue weighted by Crippen LogP contribution is -2.51. The van der Waals surface area contributed by atoms with Crippen LogP contribution >= 0.6 is 15.9 Å². The van der Waals surface area contributed by atoms with Crippen LogP contribution in [0, 0.1) is 5.92 Å². The van der Waals surface area contributed by atoms with E-state index in [9.17, 15) is 4.79 Å². The molecule has 1 rings (SSSR count). The van der Waals surface area contributed by atoms with Gasteiger partial charge in [0.1, 0.15) is 17.2 Å². The Morgan fingerprint density at radius 2 is 2.29 bits per heavy atom. The second-order valence-electron chi connectivity index (χ2n) is 4.06. The topological polar surface area (TPSA) is 84.3 Å². The lowest BCUT2D eigenvalue weighted by molar-refractivity contribution is -0.166. The average Bonchev–Trinajstić information content (AvgIpc) is 2.27. The number of azide groups is 1. The van der Waals surface area contributed by atoms with Crippen LogP contribution in [0.5, 0.6) is 0 Å². The summed E-state index contributed by atoms with van der Waals surface area (Å²) in [6.45, 7) is 5.28. The van der Waals surface area contributed by atoms with Crippen molar-refractivity contribution in [3.05, 3.63) is 10.4 Å². The summed E-state index contributed by atoms with van der Waals surface area (Å²) in [6, 6.07) is -0.540. The van der Waals surface area contributed by atoms with E-state index in [4.69, 9.17) is 15.0 Å². The van der Waals surface area contributed by atoms with E-state index in [1.807, 2.05) is 13.8 Å². The molecule has 1 aliphatic rings. The van der Waals surface area contributed by atoms with E-state index in [-0.39, 0.29) is 18.0 Å². The Labute approximate surface area is 108 Å². The van der Waals surface area contributed by atoms with Gasteiger partial charge in [-0.3, -0.25) is 4.79 Å². The monoisotopic (exact) mass is 305 g/mol. The molecule has 0 saturated carbocycles. The van der Waals surface area contributed by atoms with Gasteiger partial charge in [0.25, 0.3) is 0 Å². The zero-order chi connectivity index (χ0) is 13.0. The molecule has 5 atom stereocenters. The van der Waals surface area contributed by atoms with Crippen LogP contribution < -0.4 is 0 Å². The van der Waals surface area contributed by atoms with E-state index < -0.39 is 17.2 Å². The number of hydrogen-bond donors (Lipinski definition) is 0. The van der Waals surface area contributed by atoms with E-state index in [0.717, 1.165) is 6.42 Å². The maximum atomic E-state index is 11.1. The Balaban J connectivity index is 2.94. The van der Waals surface area contributed by atoms with Gasteiger partial charge in [-0.25, -0.2) is 0 Å². The van der Waals surface area contributed by atoms with Gasteiger partial charge in [0.2, 0.25) is 0 Å². The van der Waals surface area contributed by atoms with Crippen LogP contribution in [0.1, 0.15) is 27.2 Å². The third-order valence-electron chi connectivity index (χ3n) is 2.90. The number of carbonyl (C=O) groups is 1. The standard InChI is InChI=1S/C10H16BrN3O3/c1-4-7-5(2)9(16-6(3)15)8(13-14-12)10(11)17-7/h5,7-10H,4H2,1-3H3/t5-,7+,8+,9-,10-/m0/s1. The summed E-state index contributed by atoms with van der Waals surface area (Å²) < 4.78 is 10.9. The predicted molar refractivity (Wildman–Crippen MR) is 65.5 cm³/mol. The third kappa shape index (κ3) is 3.34. The third-order valence-corrected chi connectivity index (χ3v) is 3.66. The molecular formula is C10H16BrN3O3. The van der Waals surface area contributed by atoms with Crippen molar-refractivity contribution in [2.24, 2.45) is 11.0 Å². The van der Waals surface area contributed by atoms with Crippen LogP contribution in [0.25, 0.3) is 10.4 Å². The molecule has 0 aromatic heterocycles. The first-order valence-electron chi connectivity index (χ1n) is 5.52. The smallest absolute Gasteiger partial charge is 0.302 e. The number of nitrogens with zero attached hydrogens (tertiary/aromatic N) is 3. The summed E-state index contributed by atoms with van der Waals surface area (Å²) in [5.41, 5.74) is 8.54. The summed E-state index contributed by atoms with van der Waals surface area (Å²) in [7, 11) is 0. The molecule has 1 saturated heterocycles. The van der Waals surface area contributed by atoms with Crippen LogP contribution in [-0.2, 0) is 14.3 Å². The van der Waals surface area contributed by atoms with E-state index in [0.29, 0.717) is 0 Å². The SMILES string of the molecule is CC[C@H]1O[C@H](Br)[C@H](N=[N+]=[N-])[C@@H](OC(C)=O)[C@H]1C. The molecule has 7 heteroatoms. The highest BCUT2D eigenvalue weighted by atomic mass is 79.9. The molecule has 6 nitrogen and oxygen atoms in total. The van der Waals surface area contributed by atoms with Gasteiger partial charge < -0.3 is 9.47 Å². The Hall–Kier alpha value is -0.780. The molecule has 0 radical (unpaired) electrons. The fourth-order valence-electron chi connectivity index (χ4n) is 2.06. The Morgan fingerprint density at radius 1 is 1.65 bits per heavy atom. The van der Waals surface area contributed by atoms with Crippen molar-refractivity contribution >= 4 is 21.9 Å². The number of ether oxygens (including phenoxy) is 2. The van der Waals surface area contributed by atoms with Gasteiger partial charge in [-0.15, -0.1) is 0 Å². The summed E-state index contributed by atoms with van der Waals surface area (Å²) >= 11 is 3.32. The van der Waals surface area contributed by atoms with Gasteiger partial charge in [0, 0.05) is 17.8 Å². The van der Waals surface area contributed by atoms with Crippen molar-refractivity contribution in [1.82, 2.24) is 0 Å². The molecule has 0 aliphatic carbocycles. The normalized spacial score (nSPS) is 37.1. The molecule has 96 valence electrons. The number of halogens is 1. The van der Waals surface area contributed by atoms with Crippen molar-refractivity contribution in [1.29, 1.82) is 0 Å². The van der Waals surface area contributed by atoms with Crippen LogP contribution in [0.4, 0.5) is 0 Å². The van der Waals surface area contributed by atoms with Crippen molar-refractivity contribution in [3.63, 3.8) is 0 Å². The van der Waals surface area contributed by atoms with Gasteiger partial charge in [0.05, 0.1) is 6.10 Å². The quantitative estimate of drug-likeness (QED) is 0.264. The second-order valence-corrected chi connectivity index (χ2v) is 4.97. The summed E-state index contributed by atoms with van der Waals surface area (Å²) in [5, 5.41) is 3.22. The van der Waals surface area contributed by atoms with Gasteiger partial charge in [-0.1, -0.05) is 34.9 Å². The minimum absolute atomic E-state index is 0.00630. The number of hydrogen-bond acceptors (Lipinski definition) is 4. The Kier molecular flexibility index (Phi) is 5.24. The number of alkyl halides is 1. The number of esters is 1. The predicted octanol–water partition coefficient (Wildman–Crippen LogP) is 2.76. The molecule has 0 aromatic rings. The highest BCUT2D eigenvalue weighted by Crippen LogP contribution is 2.34. The fourth-order valence-corrected chi connectivity index (χ4v) is 2.74. The average molecular weight is 306 g/mol. The lowest BCUT2D eigenvalue weighted by Gasteiger charge is -2.41. The first-order chi connectivity index (χ1) is 8.01. The Morgan fingerprint density at radius 3 is 2.76 bits per heavy atom. The van der Waals surface area contributed by atoms with Crippen LogP contribution in [0.3, 0.4) is 0 Å². The first kappa shape index (κ1) is 14.3. The first-order valence-corrected chi connectivity index (χ1v) is 6.43. The molecule has 0 unspecified atom stereocenters. The number of carbonyl (C=O) groups excluding carboxylic acids is 1. The molecule has 1 heterocycles. The van der Waals surface area contributed by atoms with Crippen LogP contribution in [0.15, 0.2) is 5.11 Å². The largest absolute Gasteiger partial charge is 0.462 e. The van der Waals surface area contributed by atoms with Crippen molar-refractivity contribution in [3.8, 4) is 0 Å². The molecule has 0 amide bonds. The van der Waals surface area contributed by atoms with Gasteiger partial charge in [0.15, 0.2) is 0 Å². The van der Waals surface area contributed by atoms with E-state index in [2.05, 4.69) is 26.0 Å². The maximum absolute atomic E-state index is 11.1. The molecule has 0 spiro atoms. The van der Waals surface area contributed by atoms with E-state index in [1.165, 1.54) is 6.92 Å².